The van der Waals surface area contributed by atoms with Gasteiger partial charge in [-0.15, -0.1) is 0 Å². The summed E-state index contributed by atoms with van der Waals surface area (Å²) in [4.78, 5) is 22.2. The fourth-order valence-electron chi connectivity index (χ4n) is 3.22. The van der Waals surface area contributed by atoms with Crippen molar-refractivity contribution in [3.05, 3.63) is 59.7 Å². The number of hydrogen-bond acceptors (Lipinski definition) is 3. The maximum Gasteiger partial charge on any atom is 0.396 e. The number of alkyl halides is 3. The first-order chi connectivity index (χ1) is 11.9. The van der Waals surface area contributed by atoms with E-state index in [0.717, 1.165) is 11.3 Å². The minimum atomic E-state index is -4.47. The van der Waals surface area contributed by atoms with Crippen molar-refractivity contribution in [1.29, 1.82) is 0 Å². The molecule has 1 aromatic carbocycles. The molecule has 0 bridgehead atoms. The Bertz CT molecular complexity index is 749. The number of hydrogen-bond donors (Lipinski definition) is 0. The number of carbonyl (C=O) groups is 1. The third-order valence-corrected chi connectivity index (χ3v) is 4.47. The summed E-state index contributed by atoms with van der Waals surface area (Å²) in [5, 5.41) is 0. The molecule has 0 aliphatic carbocycles. The van der Waals surface area contributed by atoms with Gasteiger partial charge in [0.05, 0.1) is 11.6 Å². The van der Waals surface area contributed by atoms with Gasteiger partial charge in [-0.05, 0) is 5.56 Å². The lowest BCUT2D eigenvalue weighted by atomic mass is 9.92. The van der Waals surface area contributed by atoms with E-state index in [1.54, 1.807) is 24.4 Å². The Hall–Kier alpha value is -2.44. The molecule has 0 spiro atoms. The van der Waals surface area contributed by atoms with Crippen LogP contribution in [0.5, 0.6) is 0 Å². The van der Waals surface area contributed by atoms with Crippen molar-refractivity contribution < 1.29 is 18.0 Å². The summed E-state index contributed by atoms with van der Waals surface area (Å²) >= 11 is 0. The average molecular weight is 349 g/mol. The first-order valence-corrected chi connectivity index (χ1v) is 8.04. The van der Waals surface area contributed by atoms with E-state index in [4.69, 9.17) is 0 Å². The molecule has 3 rings (SSSR count). The Kier molecular flexibility index (Phi) is 4.74. The summed E-state index contributed by atoms with van der Waals surface area (Å²) in [7, 11) is 0. The van der Waals surface area contributed by atoms with E-state index in [1.807, 2.05) is 6.92 Å². The average Bonchev–Trinajstić information content (AvgIpc) is 2.59. The molecule has 132 valence electrons. The van der Waals surface area contributed by atoms with Gasteiger partial charge in [0.15, 0.2) is 0 Å². The molecule has 2 heterocycles. The summed E-state index contributed by atoms with van der Waals surface area (Å²) in [5.41, 5.74) is 1.75. The van der Waals surface area contributed by atoms with Crippen molar-refractivity contribution in [2.24, 2.45) is 0 Å². The van der Waals surface area contributed by atoms with Gasteiger partial charge in [-0.3, -0.25) is 4.79 Å². The Balaban J connectivity index is 1.79. The second kappa shape index (κ2) is 6.82. The van der Waals surface area contributed by atoms with E-state index < -0.39 is 24.4 Å². The van der Waals surface area contributed by atoms with Crippen LogP contribution in [0.25, 0.3) is 0 Å². The number of benzene rings is 1. The molecule has 2 aromatic rings. The highest BCUT2D eigenvalue weighted by Crippen LogP contribution is 2.38. The Labute approximate surface area is 143 Å². The molecule has 1 aliphatic rings. The standard InChI is InChI=1S/C18H18F3N3O/c1-12-9-24(10-14-8-22-11-23-17(12)14)16(25)7-15(18(19,20)21)13-5-3-2-4-6-13/h2-6,8,11-12,15H,7,9-10H2,1H3. The molecule has 0 fully saturated rings. The van der Waals surface area contributed by atoms with Crippen molar-refractivity contribution in [1.82, 2.24) is 14.9 Å². The van der Waals surface area contributed by atoms with E-state index in [9.17, 15) is 18.0 Å². The van der Waals surface area contributed by atoms with Crippen molar-refractivity contribution in [3.63, 3.8) is 0 Å². The molecule has 4 nitrogen and oxygen atoms in total. The largest absolute Gasteiger partial charge is 0.396 e. The molecule has 1 aliphatic heterocycles. The monoisotopic (exact) mass is 349 g/mol. The van der Waals surface area contributed by atoms with Gasteiger partial charge in [-0.1, -0.05) is 37.3 Å². The van der Waals surface area contributed by atoms with E-state index in [0.29, 0.717) is 6.54 Å². The van der Waals surface area contributed by atoms with Crippen LogP contribution in [0, 0.1) is 0 Å². The zero-order chi connectivity index (χ0) is 18.0. The molecule has 0 N–H and O–H groups in total. The van der Waals surface area contributed by atoms with Crippen LogP contribution in [0.1, 0.15) is 42.0 Å². The zero-order valence-electron chi connectivity index (χ0n) is 13.7. The minimum absolute atomic E-state index is 0.0308. The maximum absolute atomic E-state index is 13.5. The lowest BCUT2D eigenvalue weighted by Gasteiger charge is -2.33. The van der Waals surface area contributed by atoms with Crippen molar-refractivity contribution in [3.8, 4) is 0 Å². The van der Waals surface area contributed by atoms with E-state index in [2.05, 4.69) is 9.97 Å². The van der Waals surface area contributed by atoms with Gasteiger partial charge in [0, 0.05) is 37.2 Å². The van der Waals surface area contributed by atoms with Crippen LogP contribution < -0.4 is 0 Å². The zero-order valence-corrected chi connectivity index (χ0v) is 13.7. The molecule has 2 unspecified atom stereocenters. The Morgan fingerprint density at radius 1 is 1.32 bits per heavy atom. The first kappa shape index (κ1) is 17.4. The molecular formula is C18H18F3N3O. The SMILES string of the molecule is CC1CN(C(=O)CC(c2ccccc2)C(F)(F)F)Cc2cncnc21. The van der Waals surface area contributed by atoms with Gasteiger partial charge < -0.3 is 4.90 Å². The van der Waals surface area contributed by atoms with Crippen molar-refractivity contribution in [2.45, 2.75) is 37.9 Å². The number of halogens is 3. The van der Waals surface area contributed by atoms with Crippen molar-refractivity contribution >= 4 is 5.91 Å². The van der Waals surface area contributed by atoms with Gasteiger partial charge >= 0.3 is 6.18 Å². The third-order valence-electron chi connectivity index (χ3n) is 4.47. The number of fused-ring (bicyclic) bond motifs is 1. The number of rotatable bonds is 3. The summed E-state index contributed by atoms with van der Waals surface area (Å²) in [6, 6.07) is 7.58. The lowest BCUT2D eigenvalue weighted by Crippen LogP contribution is -2.39. The molecule has 0 radical (unpaired) electrons. The summed E-state index contributed by atoms with van der Waals surface area (Å²) in [6.45, 7) is 2.52. The topological polar surface area (TPSA) is 46.1 Å². The minimum Gasteiger partial charge on any atom is -0.338 e. The molecule has 7 heteroatoms. The summed E-state index contributed by atoms with van der Waals surface area (Å²) < 4.78 is 40.4. The van der Waals surface area contributed by atoms with E-state index in [1.165, 1.54) is 23.4 Å². The van der Waals surface area contributed by atoms with Gasteiger partial charge in [-0.2, -0.15) is 13.2 Å². The first-order valence-electron chi connectivity index (χ1n) is 8.04. The summed E-state index contributed by atoms with van der Waals surface area (Å²) in [5.74, 6) is -2.34. The molecule has 0 saturated carbocycles. The molecule has 25 heavy (non-hydrogen) atoms. The van der Waals surface area contributed by atoms with E-state index >= 15 is 0 Å². The smallest absolute Gasteiger partial charge is 0.338 e. The van der Waals surface area contributed by atoms with Gasteiger partial charge in [0.1, 0.15) is 6.33 Å². The number of nitrogens with zero attached hydrogens (tertiary/aromatic N) is 3. The fourth-order valence-corrected chi connectivity index (χ4v) is 3.22. The summed E-state index contributed by atoms with van der Waals surface area (Å²) in [6.07, 6.45) is -2.00. The number of amides is 1. The van der Waals surface area contributed by atoms with Crippen LogP contribution in [0.3, 0.4) is 0 Å². The highest BCUT2D eigenvalue weighted by atomic mass is 19.4. The second-order valence-corrected chi connectivity index (χ2v) is 6.32. The van der Waals surface area contributed by atoms with Gasteiger partial charge in [-0.25, -0.2) is 9.97 Å². The van der Waals surface area contributed by atoms with Gasteiger partial charge in [0.2, 0.25) is 5.91 Å². The van der Waals surface area contributed by atoms with Crippen LogP contribution in [-0.4, -0.2) is 33.5 Å². The quantitative estimate of drug-likeness (QED) is 0.850. The predicted molar refractivity (Wildman–Crippen MR) is 85.7 cm³/mol. The fraction of sp³-hybridized carbons (Fsp3) is 0.389. The van der Waals surface area contributed by atoms with Crippen LogP contribution in [0.15, 0.2) is 42.9 Å². The normalized spacial score (nSPS) is 18.6. The molecule has 1 aromatic heterocycles. The van der Waals surface area contributed by atoms with Crippen LogP contribution in [-0.2, 0) is 11.3 Å². The molecule has 0 saturated heterocycles. The van der Waals surface area contributed by atoms with E-state index in [-0.39, 0.29) is 18.0 Å². The highest BCUT2D eigenvalue weighted by Gasteiger charge is 2.43. The Morgan fingerprint density at radius 3 is 2.72 bits per heavy atom. The number of aromatic nitrogens is 2. The number of carbonyl (C=O) groups excluding carboxylic acids is 1. The molecule has 2 atom stereocenters. The molecular weight excluding hydrogens is 331 g/mol. The maximum atomic E-state index is 13.5. The van der Waals surface area contributed by atoms with Crippen LogP contribution >= 0.6 is 0 Å². The van der Waals surface area contributed by atoms with Crippen LogP contribution in [0.2, 0.25) is 0 Å². The third kappa shape index (κ3) is 3.81. The second-order valence-electron chi connectivity index (χ2n) is 6.32. The van der Waals surface area contributed by atoms with Crippen molar-refractivity contribution in [2.75, 3.05) is 6.54 Å². The Morgan fingerprint density at radius 2 is 2.04 bits per heavy atom. The predicted octanol–water partition coefficient (Wildman–Crippen LogP) is 3.66. The highest BCUT2D eigenvalue weighted by molar-refractivity contribution is 5.77. The van der Waals surface area contributed by atoms with Gasteiger partial charge in [0.25, 0.3) is 0 Å². The van der Waals surface area contributed by atoms with Crippen LogP contribution in [0.4, 0.5) is 13.2 Å². The molecule has 1 amide bonds. The lowest BCUT2D eigenvalue weighted by molar-refractivity contribution is -0.161.